The quantitative estimate of drug-likeness (QED) is 0.884. The zero-order valence-electron chi connectivity index (χ0n) is 12.5. The molecule has 0 aliphatic carbocycles. The molecule has 0 bridgehead atoms. The molecule has 0 saturated carbocycles. The van der Waals surface area contributed by atoms with E-state index in [4.69, 9.17) is 10.5 Å². The standard InChI is InChI=1S/C18H23NO/c1-4-17(19)18(15-9-5-13(2)6-10-15)20-16-11-7-14(3)8-12-16/h5-12,17-18H,4,19H2,1-3H3. The minimum atomic E-state index is -0.108. The van der Waals surface area contributed by atoms with Crippen LogP contribution in [0.25, 0.3) is 0 Å². The highest BCUT2D eigenvalue weighted by Gasteiger charge is 2.20. The summed E-state index contributed by atoms with van der Waals surface area (Å²) >= 11 is 0. The molecule has 2 rings (SSSR count). The van der Waals surface area contributed by atoms with Crippen molar-refractivity contribution in [2.75, 3.05) is 0 Å². The van der Waals surface area contributed by atoms with Gasteiger partial charge in [-0.05, 0) is 38.0 Å². The molecule has 2 aromatic carbocycles. The number of ether oxygens (including phenoxy) is 1. The minimum absolute atomic E-state index is 0.0148. The summed E-state index contributed by atoms with van der Waals surface area (Å²) in [5.41, 5.74) is 9.84. The van der Waals surface area contributed by atoms with Crippen molar-refractivity contribution >= 4 is 0 Å². The molecule has 2 N–H and O–H groups in total. The molecule has 0 aliphatic rings. The number of aryl methyl sites for hydroxylation is 2. The van der Waals surface area contributed by atoms with Gasteiger partial charge in [0.2, 0.25) is 0 Å². The molecular weight excluding hydrogens is 246 g/mol. The van der Waals surface area contributed by atoms with Crippen molar-refractivity contribution in [2.45, 2.75) is 39.3 Å². The van der Waals surface area contributed by atoms with E-state index in [2.05, 4.69) is 57.2 Å². The molecule has 2 aromatic rings. The van der Waals surface area contributed by atoms with Gasteiger partial charge >= 0.3 is 0 Å². The van der Waals surface area contributed by atoms with Crippen LogP contribution in [0.5, 0.6) is 5.75 Å². The van der Waals surface area contributed by atoms with E-state index in [9.17, 15) is 0 Å². The predicted molar refractivity (Wildman–Crippen MR) is 84.0 cm³/mol. The maximum absolute atomic E-state index is 6.24. The molecule has 106 valence electrons. The molecule has 0 spiro atoms. The van der Waals surface area contributed by atoms with Gasteiger partial charge in [0.15, 0.2) is 0 Å². The van der Waals surface area contributed by atoms with Crippen LogP contribution in [-0.4, -0.2) is 6.04 Å². The van der Waals surface area contributed by atoms with Crippen molar-refractivity contribution in [1.29, 1.82) is 0 Å². The third kappa shape index (κ3) is 3.61. The van der Waals surface area contributed by atoms with Crippen molar-refractivity contribution in [1.82, 2.24) is 0 Å². The van der Waals surface area contributed by atoms with Crippen LogP contribution in [0.15, 0.2) is 48.5 Å². The van der Waals surface area contributed by atoms with E-state index in [1.54, 1.807) is 0 Å². The summed E-state index contributed by atoms with van der Waals surface area (Å²) < 4.78 is 6.12. The maximum Gasteiger partial charge on any atom is 0.139 e. The average Bonchev–Trinajstić information content (AvgIpc) is 2.47. The maximum atomic E-state index is 6.24. The first kappa shape index (κ1) is 14.6. The first-order valence-corrected chi connectivity index (χ1v) is 7.15. The van der Waals surface area contributed by atoms with Gasteiger partial charge in [0, 0.05) is 6.04 Å². The molecule has 20 heavy (non-hydrogen) atoms. The Bertz CT molecular complexity index is 530. The van der Waals surface area contributed by atoms with Gasteiger partial charge in [-0.2, -0.15) is 0 Å². The van der Waals surface area contributed by atoms with Crippen LogP contribution < -0.4 is 10.5 Å². The highest BCUT2D eigenvalue weighted by molar-refractivity contribution is 5.29. The number of hydrogen-bond acceptors (Lipinski definition) is 2. The van der Waals surface area contributed by atoms with Gasteiger partial charge in [-0.1, -0.05) is 54.4 Å². The Hall–Kier alpha value is -1.80. The normalized spacial score (nSPS) is 13.8. The Morgan fingerprint density at radius 2 is 1.40 bits per heavy atom. The lowest BCUT2D eigenvalue weighted by Crippen LogP contribution is -2.31. The van der Waals surface area contributed by atoms with Crippen LogP contribution in [0.3, 0.4) is 0 Å². The topological polar surface area (TPSA) is 35.2 Å². The van der Waals surface area contributed by atoms with E-state index in [0.717, 1.165) is 17.7 Å². The average molecular weight is 269 g/mol. The molecule has 0 saturated heterocycles. The van der Waals surface area contributed by atoms with Crippen LogP contribution >= 0.6 is 0 Å². The van der Waals surface area contributed by atoms with E-state index in [-0.39, 0.29) is 12.1 Å². The van der Waals surface area contributed by atoms with Crippen LogP contribution in [0.4, 0.5) is 0 Å². The van der Waals surface area contributed by atoms with Gasteiger partial charge in [0.05, 0.1) is 0 Å². The lowest BCUT2D eigenvalue weighted by molar-refractivity contribution is 0.171. The molecule has 0 aliphatic heterocycles. The smallest absolute Gasteiger partial charge is 0.139 e. The second-order valence-electron chi connectivity index (χ2n) is 5.33. The number of benzene rings is 2. The third-order valence-corrected chi connectivity index (χ3v) is 3.55. The molecule has 0 radical (unpaired) electrons. The lowest BCUT2D eigenvalue weighted by atomic mass is 10.00. The summed E-state index contributed by atoms with van der Waals surface area (Å²) in [6.45, 7) is 6.24. The summed E-state index contributed by atoms with van der Waals surface area (Å²) in [4.78, 5) is 0. The fraction of sp³-hybridized carbons (Fsp3) is 0.333. The zero-order valence-corrected chi connectivity index (χ0v) is 12.5. The van der Waals surface area contributed by atoms with Crippen LogP contribution in [0, 0.1) is 13.8 Å². The van der Waals surface area contributed by atoms with Crippen LogP contribution in [-0.2, 0) is 0 Å². The molecule has 0 fully saturated rings. The molecular formula is C18H23NO. The van der Waals surface area contributed by atoms with Gasteiger partial charge in [-0.3, -0.25) is 0 Å². The fourth-order valence-corrected chi connectivity index (χ4v) is 2.14. The van der Waals surface area contributed by atoms with Crippen LogP contribution in [0.2, 0.25) is 0 Å². The largest absolute Gasteiger partial charge is 0.484 e. The van der Waals surface area contributed by atoms with E-state index < -0.39 is 0 Å². The van der Waals surface area contributed by atoms with E-state index >= 15 is 0 Å². The van der Waals surface area contributed by atoms with Crippen molar-refractivity contribution in [3.63, 3.8) is 0 Å². The molecule has 0 aromatic heterocycles. The Kier molecular flexibility index (Phi) is 4.80. The monoisotopic (exact) mass is 269 g/mol. The highest BCUT2D eigenvalue weighted by Crippen LogP contribution is 2.26. The Morgan fingerprint density at radius 1 is 0.900 bits per heavy atom. The summed E-state index contributed by atoms with van der Waals surface area (Å²) in [5, 5.41) is 0. The lowest BCUT2D eigenvalue weighted by Gasteiger charge is -2.25. The van der Waals surface area contributed by atoms with E-state index in [1.807, 2.05) is 12.1 Å². The SMILES string of the molecule is CCC(N)C(Oc1ccc(C)cc1)c1ccc(C)cc1. The van der Waals surface area contributed by atoms with Crippen molar-refractivity contribution in [3.05, 3.63) is 65.2 Å². The Balaban J connectivity index is 2.23. The van der Waals surface area contributed by atoms with E-state index in [1.165, 1.54) is 11.1 Å². The summed E-state index contributed by atoms with van der Waals surface area (Å²) in [6.07, 6.45) is 0.771. The first-order valence-electron chi connectivity index (χ1n) is 7.15. The Morgan fingerprint density at radius 3 is 1.90 bits per heavy atom. The summed E-state index contributed by atoms with van der Waals surface area (Å²) in [7, 11) is 0. The zero-order chi connectivity index (χ0) is 14.5. The fourth-order valence-electron chi connectivity index (χ4n) is 2.14. The highest BCUT2D eigenvalue weighted by atomic mass is 16.5. The van der Waals surface area contributed by atoms with Gasteiger partial charge in [-0.15, -0.1) is 0 Å². The summed E-state index contributed by atoms with van der Waals surface area (Å²) in [5.74, 6) is 0.866. The van der Waals surface area contributed by atoms with Crippen molar-refractivity contribution in [2.24, 2.45) is 5.73 Å². The molecule has 0 amide bonds. The second-order valence-corrected chi connectivity index (χ2v) is 5.33. The van der Waals surface area contributed by atoms with Crippen LogP contribution in [0.1, 0.15) is 36.1 Å². The minimum Gasteiger partial charge on any atom is -0.484 e. The first-order chi connectivity index (χ1) is 9.60. The second kappa shape index (κ2) is 6.58. The predicted octanol–water partition coefficient (Wildman–Crippen LogP) is 4.16. The number of rotatable bonds is 5. The molecule has 2 unspecified atom stereocenters. The number of nitrogens with two attached hydrogens (primary N) is 1. The molecule has 2 atom stereocenters. The van der Waals surface area contributed by atoms with Crippen molar-refractivity contribution < 1.29 is 4.74 Å². The van der Waals surface area contributed by atoms with E-state index in [0.29, 0.717) is 0 Å². The van der Waals surface area contributed by atoms with Gasteiger partial charge in [0.1, 0.15) is 11.9 Å². The van der Waals surface area contributed by atoms with Crippen molar-refractivity contribution in [3.8, 4) is 5.75 Å². The molecule has 2 nitrogen and oxygen atoms in total. The molecule has 0 heterocycles. The van der Waals surface area contributed by atoms with Gasteiger partial charge < -0.3 is 10.5 Å². The third-order valence-electron chi connectivity index (χ3n) is 3.55. The van der Waals surface area contributed by atoms with Gasteiger partial charge in [-0.25, -0.2) is 0 Å². The summed E-state index contributed by atoms with van der Waals surface area (Å²) in [6, 6.07) is 16.5. The van der Waals surface area contributed by atoms with Gasteiger partial charge in [0.25, 0.3) is 0 Å². The Labute approximate surface area is 121 Å². The number of hydrogen-bond donors (Lipinski definition) is 1. The molecule has 2 heteroatoms.